The Bertz CT molecular complexity index is 709. The minimum atomic E-state index is -0.374. The fourth-order valence-electron chi connectivity index (χ4n) is 3.57. The molecule has 1 amide bonds. The highest BCUT2D eigenvalue weighted by molar-refractivity contribution is 5.92. The normalized spacial score (nSPS) is 24.5. The molecule has 8 nitrogen and oxygen atoms in total. The zero-order valence-corrected chi connectivity index (χ0v) is 13.7. The summed E-state index contributed by atoms with van der Waals surface area (Å²) in [6.07, 6.45) is 3.65. The van der Waals surface area contributed by atoms with Crippen LogP contribution in [-0.4, -0.2) is 64.4 Å². The quantitative estimate of drug-likeness (QED) is 0.890. The van der Waals surface area contributed by atoms with E-state index in [0.29, 0.717) is 43.8 Å². The first kappa shape index (κ1) is 15.2. The van der Waals surface area contributed by atoms with Gasteiger partial charge < -0.3 is 23.9 Å². The van der Waals surface area contributed by atoms with Gasteiger partial charge in [-0.1, -0.05) is 5.10 Å². The summed E-state index contributed by atoms with van der Waals surface area (Å²) in [5, 5.41) is 8.01. The van der Waals surface area contributed by atoms with E-state index in [2.05, 4.69) is 20.1 Å². The van der Waals surface area contributed by atoms with E-state index in [1.54, 1.807) is 19.2 Å². The molecule has 0 aromatic carbocycles. The number of hydrogen-bond acceptors (Lipinski definition) is 6. The topological polar surface area (TPSA) is 87.5 Å². The third-order valence-corrected chi connectivity index (χ3v) is 4.69. The predicted molar refractivity (Wildman–Crippen MR) is 85.9 cm³/mol. The van der Waals surface area contributed by atoms with E-state index in [0.717, 1.165) is 19.4 Å². The number of rotatable bonds is 2. The van der Waals surface area contributed by atoms with E-state index >= 15 is 0 Å². The molecule has 2 fully saturated rings. The molecule has 0 bridgehead atoms. The molecule has 2 aliphatic rings. The third kappa shape index (κ3) is 2.77. The summed E-state index contributed by atoms with van der Waals surface area (Å²) < 4.78 is 11.7. The van der Waals surface area contributed by atoms with Gasteiger partial charge in [-0.3, -0.25) is 4.79 Å². The second-order valence-electron chi connectivity index (χ2n) is 6.47. The number of nitrogens with zero attached hydrogens (tertiary/aromatic N) is 4. The maximum Gasteiger partial charge on any atom is 0.318 e. The molecule has 0 unspecified atom stereocenters. The monoisotopic (exact) mass is 331 g/mol. The summed E-state index contributed by atoms with van der Waals surface area (Å²) in [5.41, 5.74) is 0.244. The van der Waals surface area contributed by atoms with Gasteiger partial charge in [-0.05, 0) is 25.0 Å². The lowest BCUT2D eigenvalue weighted by Gasteiger charge is -2.47. The van der Waals surface area contributed by atoms with Crippen LogP contribution in [0.5, 0.6) is 0 Å². The molecule has 1 N–H and O–H groups in total. The van der Waals surface area contributed by atoms with E-state index in [1.807, 2.05) is 11.0 Å². The maximum absolute atomic E-state index is 12.6. The molecule has 1 spiro atoms. The molecule has 8 heteroatoms. The Morgan fingerprint density at radius 2 is 2.25 bits per heavy atom. The molecule has 2 aliphatic heterocycles. The first-order chi connectivity index (χ1) is 11.7. The number of H-pyrrole nitrogens is 1. The summed E-state index contributed by atoms with van der Waals surface area (Å²) >= 11 is 0. The van der Waals surface area contributed by atoms with Crippen LogP contribution in [0, 0.1) is 6.92 Å². The summed E-state index contributed by atoms with van der Waals surface area (Å²) in [7, 11) is 0. The highest BCUT2D eigenvalue weighted by Gasteiger charge is 2.43. The lowest BCUT2D eigenvalue weighted by molar-refractivity contribution is -0.105. The van der Waals surface area contributed by atoms with Gasteiger partial charge >= 0.3 is 6.01 Å². The number of carbonyl (C=O) groups is 1. The number of piperidine rings is 1. The van der Waals surface area contributed by atoms with Crippen LogP contribution in [0.3, 0.4) is 0 Å². The molecule has 2 saturated heterocycles. The molecule has 0 radical (unpaired) electrons. The third-order valence-electron chi connectivity index (χ3n) is 4.69. The largest absolute Gasteiger partial charge is 0.408 e. The maximum atomic E-state index is 12.6. The van der Waals surface area contributed by atoms with E-state index in [4.69, 9.17) is 9.15 Å². The van der Waals surface area contributed by atoms with Gasteiger partial charge in [0.25, 0.3) is 5.91 Å². The minimum Gasteiger partial charge on any atom is -0.408 e. The highest BCUT2D eigenvalue weighted by Crippen LogP contribution is 2.31. The lowest BCUT2D eigenvalue weighted by atomic mass is 9.90. The average molecular weight is 331 g/mol. The molecular formula is C16H21N5O3. The van der Waals surface area contributed by atoms with E-state index in [9.17, 15) is 4.79 Å². The van der Waals surface area contributed by atoms with Gasteiger partial charge in [0.15, 0.2) is 0 Å². The van der Waals surface area contributed by atoms with Crippen LogP contribution < -0.4 is 4.90 Å². The van der Waals surface area contributed by atoms with Crippen molar-refractivity contribution in [2.24, 2.45) is 0 Å². The number of amides is 1. The molecule has 1 atom stereocenters. The van der Waals surface area contributed by atoms with Crippen LogP contribution in [0.25, 0.3) is 0 Å². The Morgan fingerprint density at radius 1 is 1.33 bits per heavy atom. The molecule has 2 aromatic heterocycles. The Kier molecular flexibility index (Phi) is 3.76. The number of aromatic nitrogens is 3. The zero-order valence-electron chi connectivity index (χ0n) is 13.7. The second-order valence-corrected chi connectivity index (χ2v) is 6.47. The minimum absolute atomic E-state index is 0.0217. The van der Waals surface area contributed by atoms with Crippen LogP contribution in [0.4, 0.5) is 6.01 Å². The highest BCUT2D eigenvalue weighted by atomic mass is 16.5. The fourth-order valence-corrected chi connectivity index (χ4v) is 3.57. The molecular weight excluding hydrogens is 310 g/mol. The van der Waals surface area contributed by atoms with Crippen molar-refractivity contribution in [1.82, 2.24) is 20.1 Å². The van der Waals surface area contributed by atoms with Crippen molar-refractivity contribution in [2.45, 2.75) is 25.4 Å². The Morgan fingerprint density at radius 3 is 3.00 bits per heavy atom. The summed E-state index contributed by atoms with van der Waals surface area (Å²) in [6, 6.07) is 4.17. The summed E-state index contributed by atoms with van der Waals surface area (Å²) in [6.45, 7) is 5.03. The molecule has 0 saturated carbocycles. The van der Waals surface area contributed by atoms with E-state index < -0.39 is 0 Å². The standard InChI is InChI=1S/C16H21N5O3/c1-12-18-19-15(24-12)21-7-3-5-16(11-21)10-20(8-9-23-16)14(22)13-4-2-6-17-13/h2,4,6,17H,3,5,7-11H2,1H3/t16-/m1/s1. The molecule has 0 aliphatic carbocycles. The van der Waals surface area contributed by atoms with Crippen molar-refractivity contribution < 1.29 is 13.9 Å². The number of ether oxygens (including phenoxy) is 1. The van der Waals surface area contributed by atoms with Crippen LogP contribution in [0.1, 0.15) is 29.2 Å². The lowest BCUT2D eigenvalue weighted by Crippen LogP contribution is -2.61. The smallest absolute Gasteiger partial charge is 0.318 e. The second kappa shape index (κ2) is 5.94. The molecule has 4 heterocycles. The average Bonchev–Trinajstić information content (AvgIpc) is 3.26. The molecule has 4 rings (SSSR count). The molecule has 2 aromatic rings. The molecule has 128 valence electrons. The van der Waals surface area contributed by atoms with Gasteiger partial charge in [-0.25, -0.2) is 0 Å². The van der Waals surface area contributed by atoms with Crippen molar-refractivity contribution in [3.8, 4) is 0 Å². The number of aryl methyl sites for hydroxylation is 1. The Labute approximate surface area is 139 Å². The number of nitrogens with one attached hydrogen (secondary N) is 1. The first-order valence-corrected chi connectivity index (χ1v) is 8.27. The SMILES string of the molecule is Cc1nnc(N2CCC[C@@]3(CN(C(=O)c4ccc[nH]4)CCO3)C2)o1. The van der Waals surface area contributed by atoms with Gasteiger partial charge in [-0.15, -0.1) is 5.10 Å². The fraction of sp³-hybridized carbons (Fsp3) is 0.562. The zero-order chi connectivity index (χ0) is 16.6. The van der Waals surface area contributed by atoms with Crippen molar-refractivity contribution in [2.75, 3.05) is 37.7 Å². The predicted octanol–water partition coefficient (Wildman–Crippen LogP) is 1.22. The molecule has 24 heavy (non-hydrogen) atoms. The van der Waals surface area contributed by atoms with E-state index in [-0.39, 0.29) is 11.5 Å². The van der Waals surface area contributed by atoms with Crippen molar-refractivity contribution in [1.29, 1.82) is 0 Å². The van der Waals surface area contributed by atoms with Gasteiger partial charge in [0, 0.05) is 26.2 Å². The van der Waals surface area contributed by atoms with E-state index in [1.165, 1.54) is 0 Å². The van der Waals surface area contributed by atoms with Crippen molar-refractivity contribution in [3.63, 3.8) is 0 Å². The van der Waals surface area contributed by atoms with Gasteiger partial charge in [-0.2, -0.15) is 0 Å². The van der Waals surface area contributed by atoms with Gasteiger partial charge in [0.05, 0.1) is 19.7 Å². The van der Waals surface area contributed by atoms with Gasteiger partial charge in [0.2, 0.25) is 5.89 Å². The van der Waals surface area contributed by atoms with Crippen LogP contribution in [-0.2, 0) is 4.74 Å². The van der Waals surface area contributed by atoms with Crippen LogP contribution in [0.2, 0.25) is 0 Å². The van der Waals surface area contributed by atoms with Crippen molar-refractivity contribution in [3.05, 3.63) is 29.9 Å². The summed E-state index contributed by atoms with van der Waals surface area (Å²) in [4.78, 5) is 19.5. The van der Waals surface area contributed by atoms with Crippen LogP contribution in [0.15, 0.2) is 22.7 Å². The van der Waals surface area contributed by atoms with Gasteiger partial charge in [0.1, 0.15) is 11.3 Å². The Balaban J connectivity index is 1.50. The van der Waals surface area contributed by atoms with Crippen LogP contribution >= 0.6 is 0 Å². The van der Waals surface area contributed by atoms with Crippen molar-refractivity contribution >= 4 is 11.9 Å². The number of carbonyl (C=O) groups excluding carboxylic acids is 1. The number of morpholine rings is 1. The number of anilines is 1. The summed E-state index contributed by atoms with van der Waals surface area (Å²) in [5.74, 6) is 0.575. The first-order valence-electron chi connectivity index (χ1n) is 8.27. The number of hydrogen-bond donors (Lipinski definition) is 1. The Hall–Kier alpha value is -2.35. The number of aromatic amines is 1.